The van der Waals surface area contributed by atoms with Gasteiger partial charge in [-0.25, -0.2) is 4.98 Å². The van der Waals surface area contributed by atoms with Gasteiger partial charge in [0, 0.05) is 17.8 Å². The van der Waals surface area contributed by atoms with E-state index in [1.807, 2.05) is 48.5 Å². The van der Waals surface area contributed by atoms with Crippen molar-refractivity contribution in [3.8, 4) is 17.1 Å². The second-order valence-corrected chi connectivity index (χ2v) is 6.88. The molecule has 0 bridgehead atoms. The van der Waals surface area contributed by atoms with Crippen molar-refractivity contribution < 1.29 is 4.74 Å². The Kier molecular flexibility index (Phi) is 5.02. The Bertz CT molecular complexity index is 875. The number of nitrogens with zero attached hydrogens (tertiary/aromatic N) is 3. The zero-order chi connectivity index (χ0) is 18.6. The van der Waals surface area contributed by atoms with Gasteiger partial charge in [-0.1, -0.05) is 18.2 Å². The molecule has 2 N–H and O–H groups in total. The normalized spacial score (nSPS) is 11.1. The lowest BCUT2D eigenvalue weighted by molar-refractivity contribution is 0.417. The number of hydrogen-bond donors (Lipinski definition) is 2. The third-order valence-corrected chi connectivity index (χ3v) is 3.51. The molecular weight excluding hydrogens is 326 g/mol. The summed E-state index contributed by atoms with van der Waals surface area (Å²) in [4.78, 5) is 13.6. The fourth-order valence-electron chi connectivity index (χ4n) is 2.43. The fourth-order valence-corrected chi connectivity index (χ4v) is 2.43. The van der Waals surface area contributed by atoms with Crippen molar-refractivity contribution in [2.45, 2.75) is 26.3 Å². The first-order valence-electron chi connectivity index (χ1n) is 8.43. The van der Waals surface area contributed by atoms with Crippen molar-refractivity contribution in [2.24, 2.45) is 0 Å². The number of ether oxygens (including phenoxy) is 1. The molecule has 26 heavy (non-hydrogen) atoms. The van der Waals surface area contributed by atoms with Crippen molar-refractivity contribution in [3.63, 3.8) is 0 Å². The first-order chi connectivity index (χ1) is 12.4. The Morgan fingerprint density at radius 2 is 1.69 bits per heavy atom. The fraction of sp³-hybridized carbons (Fsp3) is 0.250. The van der Waals surface area contributed by atoms with Gasteiger partial charge in [-0.3, -0.25) is 4.98 Å². The molecular formula is C20H23N5O. The lowest BCUT2D eigenvalue weighted by atomic mass is 10.1. The first-order valence-corrected chi connectivity index (χ1v) is 8.43. The van der Waals surface area contributed by atoms with Gasteiger partial charge in [0.2, 0.25) is 5.95 Å². The van der Waals surface area contributed by atoms with Crippen LogP contribution in [0.2, 0.25) is 0 Å². The largest absolute Gasteiger partial charge is 0.495 e. The minimum Gasteiger partial charge on any atom is -0.495 e. The number of para-hydroxylation sites is 2. The lowest BCUT2D eigenvalue weighted by Crippen LogP contribution is -2.27. The Morgan fingerprint density at radius 1 is 0.923 bits per heavy atom. The summed E-state index contributed by atoms with van der Waals surface area (Å²) in [6, 6.07) is 15.3. The Balaban J connectivity index is 2.02. The van der Waals surface area contributed by atoms with Gasteiger partial charge in [-0.2, -0.15) is 4.98 Å². The Labute approximate surface area is 153 Å². The molecule has 0 amide bonds. The number of rotatable bonds is 5. The zero-order valence-corrected chi connectivity index (χ0v) is 15.4. The molecule has 0 saturated heterocycles. The van der Waals surface area contributed by atoms with Gasteiger partial charge in [0.15, 0.2) is 0 Å². The van der Waals surface area contributed by atoms with Crippen LogP contribution >= 0.6 is 0 Å². The highest BCUT2D eigenvalue weighted by atomic mass is 16.5. The smallest absolute Gasteiger partial charge is 0.225 e. The van der Waals surface area contributed by atoms with Crippen LogP contribution in [0.1, 0.15) is 20.8 Å². The van der Waals surface area contributed by atoms with E-state index < -0.39 is 0 Å². The molecule has 0 radical (unpaired) electrons. The second-order valence-electron chi connectivity index (χ2n) is 6.88. The van der Waals surface area contributed by atoms with E-state index in [4.69, 9.17) is 4.74 Å². The summed E-state index contributed by atoms with van der Waals surface area (Å²) in [5.41, 5.74) is 2.20. The van der Waals surface area contributed by atoms with Crippen LogP contribution in [0.25, 0.3) is 11.4 Å². The summed E-state index contributed by atoms with van der Waals surface area (Å²) in [5, 5.41) is 6.64. The molecule has 6 nitrogen and oxygen atoms in total. The van der Waals surface area contributed by atoms with Crippen molar-refractivity contribution in [2.75, 3.05) is 17.7 Å². The predicted molar refractivity (Wildman–Crippen MR) is 105 cm³/mol. The zero-order valence-electron chi connectivity index (χ0n) is 15.4. The van der Waals surface area contributed by atoms with Gasteiger partial charge >= 0.3 is 0 Å². The maximum atomic E-state index is 5.41. The number of nitrogens with one attached hydrogen (secondary N) is 2. The van der Waals surface area contributed by atoms with Crippen molar-refractivity contribution in [1.29, 1.82) is 0 Å². The molecule has 3 rings (SSSR count). The van der Waals surface area contributed by atoms with E-state index in [0.717, 1.165) is 22.8 Å². The molecule has 2 heterocycles. The standard InChI is InChI=1S/C20H23N5O/c1-20(2,3)25-19-23-16(14-9-7-8-12-21-14)13-18(24-19)22-15-10-5-6-11-17(15)26-4/h5-13H,1-4H3,(H2,22,23,24,25). The van der Waals surface area contributed by atoms with E-state index >= 15 is 0 Å². The topological polar surface area (TPSA) is 72.0 Å². The molecule has 0 unspecified atom stereocenters. The second kappa shape index (κ2) is 7.39. The highest BCUT2D eigenvalue weighted by Crippen LogP contribution is 2.28. The summed E-state index contributed by atoms with van der Waals surface area (Å²) in [6.07, 6.45) is 1.75. The monoisotopic (exact) mass is 349 g/mol. The molecule has 2 aromatic heterocycles. The summed E-state index contributed by atoms with van der Waals surface area (Å²) in [6.45, 7) is 6.20. The molecule has 0 saturated carbocycles. The SMILES string of the molecule is COc1ccccc1Nc1cc(-c2ccccn2)nc(NC(C)(C)C)n1. The van der Waals surface area contributed by atoms with Gasteiger partial charge in [0.1, 0.15) is 11.6 Å². The summed E-state index contributed by atoms with van der Waals surface area (Å²) in [5.74, 6) is 1.95. The van der Waals surface area contributed by atoms with E-state index in [1.165, 1.54) is 0 Å². The number of methoxy groups -OCH3 is 1. The van der Waals surface area contributed by atoms with Crippen molar-refractivity contribution in [3.05, 3.63) is 54.7 Å². The summed E-state index contributed by atoms with van der Waals surface area (Å²) >= 11 is 0. The lowest BCUT2D eigenvalue weighted by Gasteiger charge is -2.21. The van der Waals surface area contributed by atoms with Crippen LogP contribution in [0.3, 0.4) is 0 Å². The number of hydrogen-bond acceptors (Lipinski definition) is 6. The van der Waals surface area contributed by atoms with E-state index in [-0.39, 0.29) is 5.54 Å². The van der Waals surface area contributed by atoms with Crippen LogP contribution in [-0.4, -0.2) is 27.6 Å². The number of anilines is 3. The van der Waals surface area contributed by atoms with Gasteiger partial charge < -0.3 is 15.4 Å². The minimum absolute atomic E-state index is 0.162. The van der Waals surface area contributed by atoms with E-state index in [2.05, 4.69) is 46.4 Å². The van der Waals surface area contributed by atoms with Gasteiger partial charge in [-0.05, 0) is 45.0 Å². The molecule has 0 aliphatic carbocycles. The third-order valence-electron chi connectivity index (χ3n) is 3.51. The van der Waals surface area contributed by atoms with Gasteiger partial charge in [0.25, 0.3) is 0 Å². The molecule has 1 aromatic carbocycles. The van der Waals surface area contributed by atoms with E-state index in [1.54, 1.807) is 13.3 Å². The molecule has 0 aliphatic heterocycles. The maximum Gasteiger partial charge on any atom is 0.225 e. The van der Waals surface area contributed by atoms with Crippen LogP contribution < -0.4 is 15.4 Å². The predicted octanol–water partition coefficient (Wildman–Crippen LogP) is 4.50. The first kappa shape index (κ1) is 17.7. The molecule has 0 fully saturated rings. The molecule has 0 spiro atoms. The summed E-state index contributed by atoms with van der Waals surface area (Å²) < 4.78 is 5.41. The number of benzene rings is 1. The minimum atomic E-state index is -0.162. The van der Waals surface area contributed by atoms with Crippen LogP contribution in [-0.2, 0) is 0 Å². The van der Waals surface area contributed by atoms with Gasteiger partial charge in [0.05, 0.1) is 24.2 Å². The van der Waals surface area contributed by atoms with E-state index in [9.17, 15) is 0 Å². The van der Waals surface area contributed by atoms with Crippen LogP contribution in [0.5, 0.6) is 5.75 Å². The van der Waals surface area contributed by atoms with Crippen LogP contribution in [0, 0.1) is 0 Å². The van der Waals surface area contributed by atoms with Crippen molar-refractivity contribution >= 4 is 17.5 Å². The average molecular weight is 349 g/mol. The van der Waals surface area contributed by atoms with Gasteiger partial charge in [-0.15, -0.1) is 0 Å². The van der Waals surface area contributed by atoms with E-state index in [0.29, 0.717) is 11.8 Å². The maximum absolute atomic E-state index is 5.41. The molecule has 3 aromatic rings. The van der Waals surface area contributed by atoms with Crippen LogP contribution in [0.4, 0.5) is 17.5 Å². The highest BCUT2D eigenvalue weighted by molar-refractivity contribution is 5.68. The Hall–Kier alpha value is -3.15. The molecule has 134 valence electrons. The van der Waals surface area contributed by atoms with Crippen LogP contribution in [0.15, 0.2) is 54.7 Å². The summed E-state index contributed by atoms with van der Waals surface area (Å²) in [7, 11) is 1.65. The third kappa shape index (κ3) is 4.47. The highest BCUT2D eigenvalue weighted by Gasteiger charge is 2.15. The Morgan fingerprint density at radius 3 is 2.38 bits per heavy atom. The molecule has 6 heteroatoms. The molecule has 0 aliphatic rings. The number of aromatic nitrogens is 3. The van der Waals surface area contributed by atoms with Crippen molar-refractivity contribution in [1.82, 2.24) is 15.0 Å². The quantitative estimate of drug-likeness (QED) is 0.706. The average Bonchev–Trinajstić information content (AvgIpc) is 2.61. The number of pyridine rings is 1. The molecule has 0 atom stereocenters.